The smallest absolute Gasteiger partial charge is 0.251 e. The van der Waals surface area contributed by atoms with Crippen molar-refractivity contribution in [3.63, 3.8) is 0 Å². The number of aromatic amines is 1. The summed E-state index contributed by atoms with van der Waals surface area (Å²) in [6.07, 6.45) is 8.10. The van der Waals surface area contributed by atoms with Crippen LogP contribution >= 0.6 is 0 Å². The van der Waals surface area contributed by atoms with Gasteiger partial charge in [-0.25, -0.2) is 4.98 Å². The van der Waals surface area contributed by atoms with Crippen LogP contribution in [0.5, 0.6) is 0 Å². The first-order valence-corrected chi connectivity index (χ1v) is 7.04. The fraction of sp³-hybridized carbons (Fsp3) is 0.467. The van der Waals surface area contributed by atoms with E-state index in [0.717, 1.165) is 17.6 Å². The van der Waals surface area contributed by atoms with Gasteiger partial charge in [-0.05, 0) is 37.0 Å². The number of nitrogens with zero attached hydrogens (tertiary/aromatic N) is 1. The molecule has 1 aliphatic rings. The summed E-state index contributed by atoms with van der Waals surface area (Å²) < 4.78 is 0. The highest BCUT2D eigenvalue weighted by Gasteiger charge is 2.15. The Labute approximate surface area is 112 Å². The highest BCUT2D eigenvalue weighted by atomic mass is 16.1. The number of aromatic nitrogens is 2. The van der Waals surface area contributed by atoms with Gasteiger partial charge in [0.05, 0.1) is 17.4 Å². The van der Waals surface area contributed by atoms with Gasteiger partial charge in [-0.2, -0.15) is 0 Å². The van der Waals surface area contributed by atoms with E-state index in [1.165, 1.54) is 32.1 Å². The van der Waals surface area contributed by atoms with Crippen molar-refractivity contribution < 1.29 is 4.79 Å². The van der Waals surface area contributed by atoms with Gasteiger partial charge in [-0.3, -0.25) is 4.79 Å². The molecule has 100 valence electrons. The molecule has 1 aromatic carbocycles. The topological polar surface area (TPSA) is 57.8 Å². The molecule has 4 heteroatoms. The summed E-state index contributed by atoms with van der Waals surface area (Å²) in [7, 11) is 0. The lowest BCUT2D eigenvalue weighted by Gasteiger charge is -2.21. The van der Waals surface area contributed by atoms with Crippen LogP contribution in [0.1, 0.15) is 42.5 Å². The number of rotatable bonds is 3. The Bertz CT molecular complexity index is 570. The van der Waals surface area contributed by atoms with Crippen LogP contribution < -0.4 is 5.32 Å². The van der Waals surface area contributed by atoms with Gasteiger partial charge in [-0.1, -0.05) is 19.3 Å². The first kappa shape index (κ1) is 12.2. The van der Waals surface area contributed by atoms with Crippen molar-refractivity contribution >= 4 is 16.9 Å². The summed E-state index contributed by atoms with van der Waals surface area (Å²) in [6.45, 7) is 0.803. The number of imidazole rings is 1. The molecule has 1 aromatic heterocycles. The van der Waals surface area contributed by atoms with Crippen LogP contribution in [0, 0.1) is 5.92 Å². The van der Waals surface area contributed by atoms with Gasteiger partial charge in [0.2, 0.25) is 0 Å². The number of hydrogen-bond donors (Lipinski definition) is 2. The van der Waals surface area contributed by atoms with Crippen molar-refractivity contribution in [3.8, 4) is 0 Å². The summed E-state index contributed by atoms with van der Waals surface area (Å²) in [5, 5.41) is 3.05. The van der Waals surface area contributed by atoms with Crippen LogP contribution in [0.3, 0.4) is 0 Å². The summed E-state index contributed by atoms with van der Waals surface area (Å²) in [4.78, 5) is 19.3. The van der Waals surface area contributed by atoms with Gasteiger partial charge in [0, 0.05) is 12.1 Å². The fourth-order valence-electron chi connectivity index (χ4n) is 2.80. The number of H-pyrrole nitrogens is 1. The predicted molar refractivity (Wildman–Crippen MR) is 75.0 cm³/mol. The van der Waals surface area contributed by atoms with Gasteiger partial charge in [0.15, 0.2) is 0 Å². The first-order chi connectivity index (χ1) is 9.33. The Balaban J connectivity index is 1.62. The summed E-state index contributed by atoms with van der Waals surface area (Å²) in [6, 6.07) is 5.58. The molecule has 1 saturated carbocycles. The number of carbonyl (C=O) groups is 1. The van der Waals surface area contributed by atoms with E-state index in [-0.39, 0.29) is 5.91 Å². The fourth-order valence-corrected chi connectivity index (χ4v) is 2.80. The van der Waals surface area contributed by atoms with Crippen LogP contribution in [0.4, 0.5) is 0 Å². The second kappa shape index (κ2) is 5.43. The van der Waals surface area contributed by atoms with E-state index in [1.807, 2.05) is 18.2 Å². The minimum absolute atomic E-state index is 0.00970. The number of fused-ring (bicyclic) bond motifs is 1. The van der Waals surface area contributed by atoms with E-state index in [4.69, 9.17) is 0 Å². The van der Waals surface area contributed by atoms with Crippen molar-refractivity contribution in [1.29, 1.82) is 0 Å². The van der Waals surface area contributed by atoms with E-state index in [0.29, 0.717) is 11.5 Å². The molecule has 0 spiro atoms. The Morgan fingerprint density at radius 1 is 1.32 bits per heavy atom. The average Bonchev–Trinajstić information content (AvgIpc) is 2.93. The molecule has 0 radical (unpaired) electrons. The highest BCUT2D eigenvalue weighted by molar-refractivity contribution is 5.97. The monoisotopic (exact) mass is 257 g/mol. The Kier molecular flexibility index (Phi) is 3.49. The standard InChI is InChI=1S/C15H19N3O/c19-15(16-9-11-4-2-1-3-5-11)12-6-7-13-14(8-12)18-10-17-13/h6-8,10-11H,1-5,9H2,(H,16,19)(H,17,18). The molecule has 4 nitrogen and oxygen atoms in total. The predicted octanol–water partition coefficient (Wildman–Crippen LogP) is 2.87. The van der Waals surface area contributed by atoms with Crippen LogP contribution in [-0.4, -0.2) is 22.4 Å². The van der Waals surface area contributed by atoms with Crippen LogP contribution in [-0.2, 0) is 0 Å². The number of nitrogens with one attached hydrogen (secondary N) is 2. The molecule has 0 saturated heterocycles. The molecule has 19 heavy (non-hydrogen) atoms. The second-order valence-corrected chi connectivity index (χ2v) is 5.35. The van der Waals surface area contributed by atoms with Crippen molar-refractivity contribution in [2.45, 2.75) is 32.1 Å². The maximum absolute atomic E-state index is 12.1. The van der Waals surface area contributed by atoms with Crippen LogP contribution in [0.2, 0.25) is 0 Å². The lowest BCUT2D eigenvalue weighted by atomic mass is 9.89. The van der Waals surface area contributed by atoms with Crippen molar-refractivity contribution in [2.75, 3.05) is 6.54 Å². The van der Waals surface area contributed by atoms with Crippen molar-refractivity contribution in [3.05, 3.63) is 30.1 Å². The van der Waals surface area contributed by atoms with Crippen molar-refractivity contribution in [2.24, 2.45) is 5.92 Å². The zero-order valence-corrected chi connectivity index (χ0v) is 11.0. The van der Waals surface area contributed by atoms with E-state index >= 15 is 0 Å². The summed E-state index contributed by atoms with van der Waals surface area (Å²) in [5.41, 5.74) is 2.49. The third kappa shape index (κ3) is 2.78. The largest absolute Gasteiger partial charge is 0.352 e. The van der Waals surface area contributed by atoms with Gasteiger partial charge in [-0.15, -0.1) is 0 Å². The molecule has 2 aromatic rings. The van der Waals surface area contributed by atoms with E-state index in [9.17, 15) is 4.79 Å². The first-order valence-electron chi connectivity index (χ1n) is 7.04. The van der Waals surface area contributed by atoms with Gasteiger partial charge in [0.1, 0.15) is 0 Å². The minimum atomic E-state index is 0.00970. The molecule has 1 amide bonds. The molecule has 1 aliphatic carbocycles. The third-order valence-corrected chi connectivity index (χ3v) is 3.96. The second-order valence-electron chi connectivity index (χ2n) is 5.35. The number of benzene rings is 1. The minimum Gasteiger partial charge on any atom is -0.352 e. The number of carbonyl (C=O) groups excluding carboxylic acids is 1. The zero-order valence-electron chi connectivity index (χ0n) is 11.0. The van der Waals surface area contributed by atoms with E-state index in [1.54, 1.807) is 6.33 Å². The maximum atomic E-state index is 12.1. The Hall–Kier alpha value is -1.84. The molecular weight excluding hydrogens is 238 g/mol. The lowest BCUT2D eigenvalue weighted by molar-refractivity contribution is 0.0943. The quantitative estimate of drug-likeness (QED) is 0.888. The highest BCUT2D eigenvalue weighted by Crippen LogP contribution is 2.22. The molecule has 0 aliphatic heterocycles. The Morgan fingerprint density at radius 2 is 2.16 bits per heavy atom. The average molecular weight is 257 g/mol. The number of hydrogen-bond acceptors (Lipinski definition) is 2. The maximum Gasteiger partial charge on any atom is 0.251 e. The zero-order chi connectivity index (χ0) is 13.1. The van der Waals surface area contributed by atoms with Crippen molar-refractivity contribution in [1.82, 2.24) is 15.3 Å². The summed E-state index contributed by atoms with van der Waals surface area (Å²) in [5.74, 6) is 0.669. The molecule has 0 unspecified atom stereocenters. The number of amides is 1. The molecule has 3 rings (SSSR count). The molecule has 1 fully saturated rings. The third-order valence-electron chi connectivity index (χ3n) is 3.96. The lowest BCUT2D eigenvalue weighted by Crippen LogP contribution is -2.30. The molecule has 2 N–H and O–H groups in total. The van der Waals surface area contributed by atoms with Gasteiger partial charge < -0.3 is 10.3 Å². The molecule has 0 bridgehead atoms. The van der Waals surface area contributed by atoms with Gasteiger partial charge >= 0.3 is 0 Å². The van der Waals surface area contributed by atoms with E-state index in [2.05, 4.69) is 15.3 Å². The van der Waals surface area contributed by atoms with E-state index < -0.39 is 0 Å². The van der Waals surface area contributed by atoms with Crippen LogP contribution in [0.15, 0.2) is 24.5 Å². The Morgan fingerprint density at radius 3 is 3.00 bits per heavy atom. The molecule has 0 atom stereocenters. The van der Waals surface area contributed by atoms with Gasteiger partial charge in [0.25, 0.3) is 5.91 Å². The molecule has 1 heterocycles. The van der Waals surface area contributed by atoms with Crippen LogP contribution in [0.25, 0.3) is 11.0 Å². The SMILES string of the molecule is O=C(NCC1CCCCC1)c1ccc2[nH]cnc2c1. The molecular formula is C15H19N3O. The normalized spacial score (nSPS) is 16.6. The summed E-state index contributed by atoms with van der Waals surface area (Å²) >= 11 is 0.